The smallest absolute Gasteiger partial charge is 0.214 e. The van der Waals surface area contributed by atoms with E-state index in [-0.39, 0.29) is 0 Å². The van der Waals surface area contributed by atoms with Gasteiger partial charge < -0.3 is 15.1 Å². The fourth-order valence-corrected chi connectivity index (χ4v) is 2.37. The van der Waals surface area contributed by atoms with Gasteiger partial charge in [-0.1, -0.05) is 0 Å². The second-order valence-electron chi connectivity index (χ2n) is 5.77. The van der Waals surface area contributed by atoms with Crippen LogP contribution in [0.15, 0.2) is 46.2 Å². The second kappa shape index (κ2) is 8.28. The molecule has 3 heterocycles. The zero-order valence-electron chi connectivity index (χ0n) is 15.2. The van der Waals surface area contributed by atoms with Crippen molar-refractivity contribution in [3.8, 4) is 5.82 Å². The topological polar surface area (TPSA) is 93.2 Å². The highest BCUT2D eigenvalue weighted by Crippen LogP contribution is 2.09. The zero-order valence-corrected chi connectivity index (χ0v) is 15.2. The van der Waals surface area contributed by atoms with Crippen molar-refractivity contribution in [2.24, 2.45) is 4.99 Å². The summed E-state index contributed by atoms with van der Waals surface area (Å²) in [5, 5.41) is 10.7. The van der Waals surface area contributed by atoms with E-state index in [0.717, 1.165) is 29.4 Å². The first-order chi connectivity index (χ1) is 12.7. The quantitative estimate of drug-likeness (QED) is 0.521. The van der Waals surface area contributed by atoms with Crippen LogP contribution < -0.4 is 10.6 Å². The second-order valence-corrected chi connectivity index (χ2v) is 5.77. The average Bonchev–Trinajstić information content (AvgIpc) is 3.28. The third-order valence-corrected chi connectivity index (χ3v) is 3.79. The molecule has 0 aromatic carbocycles. The Morgan fingerprint density at radius 3 is 2.85 bits per heavy atom. The lowest BCUT2D eigenvalue weighted by molar-refractivity contribution is 0.463. The third-order valence-electron chi connectivity index (χ3n) is 3.79. The van der Waals surface area contributed by atoms with Crippen molar-refractivity contribution in [1.82, 2.24) is 30.4 Å². The number of aromatic nitrogens is 4. The highest BCUT2D eigenvalue weighted by Gasteiger charge is 2.06. The van der Waals surface area contributed by atoms with Gasteiger partial charge in [-0.2, -0.15) is 5.10 Å². The Morgan fingerprint density at radius 1 is 1.27 bits per heavy atom. The summed E-state index contributed by atoms with van der Waals surface area (Å²) in [5.74, 6) is 2.96. The molecule has 0 aliphatic rings. The van der Waals surface area contributed by atoms with Crippen molar-refractivity contribution < 1.29 is 4.42 Å². The van der Waals surface area contributed by atoms with Gasteiger partial charge in [0.25, 0.3) is 0 Å². The van der Waals surface area contributed by atoms with Gasteiger partial charge in [0.1, 0.15) is 5.76 Å². The molecule has 0 bridgehead atoms. The molecule has 0 saturated carbocycles. The van der Waals surface area contributed by atoms with E-state index >= 15 is 0 Å². The minimum atomic E-state index is 0.482. The lowest BCUT2D eigenvalue weighted by Gasteiger charge is -2.10. The summed E-state index contributed by atoms with van der Waals surface area (Å²) >= 11 is 0. The number of hydrogen-bond acceptors (Lipinski definition) is 5. The number of hydrogen-bond donors (Lipinski definition) is 2. The van der Waals surface area contributed by atoms with Gasteiger partial charge in [-0.15, -0.1) is 0 Å². The van der Waals surface area contributed by atoms with Crippen LogP contribution in [0.1, 0.15) is 29.8 Å². The Hall–Kier alpha value is -3.16. The van der Waals surface area contributed by atoms with Crippen molar-refractivity contribution >= 4 is 5.96 Å². The van der Waals surface area contributed by atoms with E-state index in [1.54, 1.807) is 17.1 Å². The molecule has 8 nitrogen and oxygen atoms in total. The third kappa shape index (κ3) is 4.47. The van der Waals surface area contributed by atoms with Crippen LogP contribution in [0, 0.1) is 13.8 Å². The number of aryl methyl sites for hydroxylation is 2. The minimum Gasteiger partial charge on any atom is -0.444 e. The summed E-state index contributed by atoms with van der Waals surface area (Å²) in [7, 11) is 0. The number of aliphatic imine (C=N–C) groups is 1. The summed E-state index contributed by atoms with van der Waals surface area (Å²) in [5.41, 5.74) is 1.96. The van der Waals surface area contributed by atoms with Crippen molar-refractivity contribution in [3.05, 3.63) is 59.7 Å². The van der Waals surface area contributed by atoms with Crippen molar-refractivity contribution in [2.45, 2.75) is 33.9 Å². The predicted molar refractivity (Wildman–Crippen MR) is 99.0 cm³/mol. The average molecular weight is 353 g/mol. The lowest BCUT2D eigenvalue weighted by Crippen LogP contribution is -2.36. The van der Waals surface area contributed by atoms with E-state index in [4.69, 9.17) is 4.42 Å². The number of guanidine groups is 1. The van der Waals surface area contributed by atoms with E-state index in [1.807, 2.05) is 45.2 Å². The molecule has 0 atom stereocenters. The number of pyridine rings is 1. The summed E-state index contributed by atoms with van der Waals surface area (Å²) < 4.78 is 7.31. The van der Waals surface area contributed by atoms with Crippen LogP contribution in [-0.4, -0.2) is 32.3 Å². The Morgan fingerprint density at radius 2 is 2.15 bits per heavy atom. The molecule has 8 heteroatoms. The van der Waals surface area contributed by atoms with Gasteiger partial charge in [-0.25, -0.2) is 19.6 Å². The normalized spacial score (nSPS) is 11.6. The summed E-state index contributed by atoms with van der Waals surface area (Å²) in [4.78, 5) is 13.3. The van der Waals surface area contributed by atoms with E-state index < -0.39 is 0 Å². The van der Waals surface area contributed by atoms with E-state index in [1.165, 1.54) is 0 Å². The molecule has 2 N–H and O–H groups in total. The monoisotopic (exact) mass is 353 g/mol. The van der Waals surface area contributed by atoms with Crippen molar-refractivity contribution in [3.63, 3.8) is 0 Å². The molecule has 0 saturated heterocycles. The van der Waals surface area contributed by atoms with Crippen LogP contribution in [-0.2, 0) is 13.1 Å². The number of nitrogens with zero attached hydrogens (tertiary/aromatic N) is 5. The van der Waals surface area contributed by atoms with E-state index in [9.17, 15) is 0 Å². The Labute approximate surface area is 152 Å². The molecule has 0 aliphatic heterocycles. The Bertz CT molecular complexity index is 848. The molecule has 3 rings (SSSR count). The first kappa shape index (κ1) is 17.7. The highest BCUT2D eigenvalue weighted by molar-refractivity contribution is 5.79. The fourth-order valence-electron chi connectivity index (χ4n) is 2.37. The lowest BCUT2D eigenvalue weighted by atomic mass is 10.2. The van der Waals surface area contributed by atoms with Gasteiger partial charge in [0.15, 0.2) is 11.8 Å². The van der Waals surface area contributed by atoms with Crippen LogP contribution in [0.2, 0.25) is 0 Å². The molecule has 136 valence electrons. The maximum Gasteiger partial charge on any atom is 0.214 e. The Kier molecular flexibility index (Phi) is 5.62. The first-order valence-corrected chi connectivity index (χ1v) is 8.55. The van der Waals surface area contributed by atoms with Crippen molar-refractivity contribution in [2.75, 3.05) is 6.54 Å². The largest absolute Gasteiger partial charge is 0.444 e. The number of rotatable bonds is 6. The van der Waals surface area contributed by atoms with Gasteiger partial charge in [-0.05, 0) is 44.5 Å². The number of oxazole rings is 1. The molecule has 0 fully saturated rings. The molecule has 3 aromatic heterocycles. The molecule has 3 aromatic rings. The van der Waals surface area contributed by atoms with E-state index in [2.05, 4.69) is 30.7 Å². The van der Waals surface area contributed by atoms with Gasteiger partial charge in [0.2, 0.25) is 5.89 Å². The molecule has 0 radical (unpaired) electrons. The van der Waals surface area contributed by atoms with Gasteiger partial charge in [-0.3, -0.25) is 0 Å². The zero-order chi connectivity index (χ0) is 18.4. The fraction of sp³-hybridized carbons (Fsp3) is 0.333. The molecule has 0 amide bonds. The van der Waals surface area contributed by atoms with E-state index in [0.29, 0.717) is 24.9 Å². The maximum absolute atomic E-state index is 5.59. The maximum atomic E-state index is 5.59. The van der Waals surface area contributed by atoms with Crippen LogP contribution in [0.5, 0.6) is 0 Å². The standard InChI is InChI=1S/C18H23N7O/c1-4-19-18(22-12-17-24-13(2)14(3)26-17)21-11-15-6-8-20-16(10-15)25-9-5-7-23-25/h5-10H,4,11-12H2,1-3H3,(H2,19,21,22). The molecule has 26 heavy (non-hydrogen) atoms. The molecule has 0 unspecified atom stereocenters. The molecule has 0 spiro atoms. The predicted octanol–water partition coefficient (Wildman–Crippen LogP) is 2.13. The summed E-state index contributed by atoms with van der Waals surface area (Å²) in [6, 6.07) is 5.79. The van der Waals surface area contributed by atoms with Gasteiger partial charge in [0.05, 0.1) is 18.8 Å². The van der Waals surface area contributed by atoms with Gasteiger partial charge >= 0.3 is 0 Å². The number of nitrogens with one attached hydrogen (secondary N) is 2. The van der Waals surface area contributed by atoms with Crippen molar-refractivity contribution in [1.29, 1.82) is 0 Å². The SMILES string of the molecule is CCNC(=NCc1ccnc(-n2cccn2)c1)NCc1nc(C)c(C)o1. The van der Waals surface area contributed by atoms with Gasteiger partial charge in [0, 0.05) is 25.1 Å². The summed E-state index contributed by atoms with van der Waals surface area (Å²) in [6.45, 7) is 7.64. The summed E-state index contributed by atoms with van der Waals surface area (Å²) in [6.07, 6.45) is 5.35. The minimum absolute atomic E-state index is 0.482. The molecular formula is C18H23N7O. The first-order valence-electron chi connectivity index (χ1n) is 8.55. The highest BCUT2D eigenvalue weighted by atomic mass is 16.4. The van der Waals surface area contributed by atoms with Crippen LogP contribution in [0.4, 0.5) is 0 Å². The van der Waals surface area contributed by atoms with Crippen LogP contribution >= 0.6 is 0 Å². The van der Waals surface area contributed by atoms with Crippen LogP contribution in [0.25, 0.3) is 5.82 Å². The van der Waals surface area contributed by atoms with Crippen LogP contribution in [0.3, 0.4) is 0 Å². The Balaban J connectivity index is 1.66. The molecule has 0 aliphatic carbocycles. The molecular weight excluding hydrogens is 330 g/mol.